The highest BCUT2D eigenvalue weighted by molar-refractivity contribution is 5.94. The number of hydrogen-bond acceptors (Lipinski definition) is 3. The van der Waals surface area contributed by atoms with E-state index in [0.717, 1.165) is 0 Å². The Hall–Kier alpha value is -2.78. The van der Waals surface area contributed by atoms with Gasteiger partial charge < -0.3 is 10.6 Å². The van der Waals surface area contributed by atoms with Gasteiger partial charge in [0.05, 0.1) is 0 Å². The van der Waals surface area contributed by atoms with E-state index in [-0.39, 0.29) is 23.7 Å². The predicted molar refractivity (Wildman–Crippen MR) is 97.8 cm³/mol. The monoisotopic (exact) mass is 431 g/mol. The summed E-state index contributed by atoms with van der Waals surface area (Å²) in [5, 5.41) is 5.63. The fourth-order valence-electron chi connectivity index (χ4n) is 3.45. The van der Waals surface area contributed by atoms with Crippen LogP contribution in [-0.2, 0) is 12.4 Å². The molecule has 0 saturated heterocycles. The minimum absolute atomic E-state index is 0.241. The van der Waals surface area contributed by atoms with Gasteiger partial charge >= 0.3 is 12.4 Å². The number of pyridine rings is 1. The number of carbonyl (C=O) groups excluding carboxylic acids is 1. The molecule has 1 heterocycles. The van der Waals surface area contributed by atoms with Gasteiger partial charge in [0.1, 0.15) is 11.4 Å². The number of halogens is 6. The van der Waals surface area contributed by atoms with Gasteiger partial charge in [-0.25, -0.2) is 4.98 Å². The van der Waals surface area contributed by atoms with Crippen LogP contribution in [-0.4, -0.2) is 23.0 Å². The van der Waals surface area contributed by atoms with E-state index in [1.54, 1.807) is 30.3 Å². The molecule has 1 aromatic carbocycles. The highest BCUT2D eigenvalue weighted by Crippen LogP contribution is 2.35. The molecule has 1 saturated carbocycles. The average Bonchev–Trinajstić information content (AvgIpc) is 2.67. The van der Waals surface area contributed by atoms with E-state index in [1.807, 2.05) is 0 Å². The number of anilines is 1. The van der Waals surface area contributed by atoms with Gasteiger partial charge in [-0.1, -0.05) is 18.2 Å². The van der Waals surface area contributed by atoms with E-state index in [4.69, 9.17) is 0 Å². The second-order valence-corrected chi connectivity index (χ2v) is 7.17. The maximum absolute atomic E-state index is 13.0. The molecule has 162 valence electrons. The molecule has 1 aromatic heterocycles. The lowest BCUT2D eigenvalue weighted by Gasteiger charge is -2.31. The molecule has 0 radical (unpaired) electrons. The second-order valence-electron chi connectivity index (χ2n) is 7.17. The van der Waals surface area contributed by atoms with Crippen LogP contribution in [0.15, 0.2) is 42.5 Å². The zero-order valence-corrected chi connectivity index (χ0v) is 15.6. The lowest BCUT2D eigenvalue weighted by Crippen LogP contribution is -2.41. The summed E-state index contributed by atoms with van der Waals surface area (Å²) < 4.78 is 77.9. The molecule has 1 fully saturated rings. The van der Waals surface area contributed by atoms with E-state index in [9.17, 15) is 31.1 Å². The number of rotatable bonds is 4. The topological polar surface area (TPSA) is 54.0 Å². The maximum Gasteiger partial charge on any atom is 0.433 e. The number of carbonyl (C=O) groups is 1. The summed E-state index contributed by atoms with van der Waals surface area (Å²) in [5.41, 5.74) is -3.04. The minimum Gasteiger partial charge on any atom is -0.382 e. The van der Waals surface area contributed by atoms with Crippen molar-refractivity contribution < 1.29 is 31.1 Å². The summed E-state index contributed by atoms with van der Waals surface area (Å²) in [6.07, 6.45) is -7.73. The summed E-state index contributed by atoms with van der Waals surface area (Å²) in [7, 11) is 0. The Balaban J connectivity index is 1.72. The number of nitrogens with zero attached hydrogens (tertiary/aromatic N) is 1. The van der Waals surface area contributed by atoms with Crippen molar-refractivity contribution in [3.8, 4) is 0 Å². The Morgan fingerprint density at radius 1 is 0.900 bits per heavy atom. The van der Waals surface area contributed by atoms with E-state index in [2.05, 4.69) is 15.6 Å². The first-order valence-electron chi connectivity index (χ1n) is 9.31. The molecule has 0 bridgehead atoms. The van der Waals surface area contributed by atoms with Crippen molar-refractivity contribution in [2.24, 2.45) is 0 Å². The Kier molecular flexibility index (Phi) is 6.23. The van der Waals surface area contributed by atoms with Crippen LogP contribution in [0.3, 0.4) is 0 Å². The van der Waals surface area contributed by atoms with Crippen molar-refractivity contribution in [3.63, 3.8) is 0 Å². The molecular weight excluding hydrogens is 412 g/mol. The summed E-state index contributed by atoms with van der Waals surface area (Å²) in [6.45, 7) is 0. The molecule has 0 spiro atoms. The molecule has 2 atom stereocenters. The highest BCUT2D eigenvalue weighted by Gasteiger charge is 2.39. The molecule has 0 aliphatic heterocycles. The Bertz CT molecular complexity index is 850. The van der Waals surface area contributed by atoms with E-state index >= 15 is 0 Å². The molecule has 1 aliphatic rings. The van der Waals surface area contributed by atoms with E-state index in [1.165, 1.54) is 0 Å². The summed E-state index contributed by atoms with van der Waals surface area (Å²) >= 11 is 0. The number of alkyl halides is 6. The van der Waals surface area contributed by atoms with Gasteiger partial charge in [-0.3, -0.25) is 4.79 Å². The zero-order valence-electron chi connectivity index (χ0n) is 15.6. The smallest absolute Gasteiger partial charge is 0.382 e. The predicted octanol–water partition coefficient (Wildman–Crippen LogP) is 5.27. The standard InChI is InChI=1S/C20H19F6N3O/c21-19(22,23)16-10-15(11-17(29-16)20(24,25)26)27-13-7-4-8-14(9-13)28-18(30)12-5-2-1-3-6-12/h1-3,5-6,10-11,13-14H,4,7-9H2,(H,27,29)(H,28,30)/t13-,14+/m0/s1. The molecule has 2 N–H and O–H groups in total. The Morgan fingerprint density at radius 2 is 1.47 bits per heavy atom. The largest absolute Gasteiger partial charge is 0.433 e. The summed E-state index contributed by atoms with van der Waals surface area (Å²) in [5.74, 6) is -0.274. The van der Waals surface area contributed by atoms with Gasteiger partial charge in [-0.2, -0.15) is 26.3 Å². The molecule has 10 heteroatoms. The molecule has 30 heavy (non-hydrogen) atoms. The normalized spacial score (nSPS) is 19.9. The molecule has 3 rings (SSSR count). The number of aromatic nitrogens is 1. The third-order valence-corrected chi connectivity index (χ3v) is 4.82. The molecule has 4 nitrogen and oxygen atoms in total. The van der Waals surface area contributed by atoms with Gasteiger partial charge in [0.15, 0.2) is 0 Å². The van der Waals surface area contributed by atoms with Crippen LogP contribution in [0, 0.1) is 0 Å². The van der Waals surface area contributed by atoms with Gasteiger partial charge in [0, 0.05) is 23.3 Å². The first-order chi connectivity index (χ1) is 14.0. The first-order valence-corrected chi connectivity index (χ1v) is 9.31. The molecule has 2 aromatic rings. The van der Waals surface area contributed by atoms with Crippen molar-refractivity contribution in [2.45, 2.75) is 50.1 Å². The van der Waals surface area contributed by atoms with E-state index < -0.39 is 23.7 Å². The van der Waals surface area contributed by atoms with Gasteiger partial charge in [0.2, 0.25) is 0 Å². The average molecular weight is 431 g/mol. The van der Waals surface area contributed by atoms with Crippen molar-refractivity contribution in [1.82, 2.24) is 10.3 Å². The third kappa shape index (κ3) is 5.64. The lowest BCUT2D eigenvalue weighted by molar-refractivity contribution is -0.150. The SMILES string of the molecule is O=C(N[C@@H]1CCC[C@H](Nc2cc(C(F)(F)F)nc(C(F)(F)F)c2)C1)c1ccccc1. The van der Waals surface area contributed by atoms with Crippen molar-refractivity contribution in [2.75, 3.05) is 5.32 Å². The summed E-state index contributed by atoms with van der Waals surface area (Å²) in [6, 6.07) is 9.04. The Morgan fingerprint density at radius 3 is 2.03 bits per heavy atom. The van der Waals surface area contributed by atoms with Gasteiger partial charge in [-0.05, 0) is 49.9 Å². The molecule has 1 amide bonds. The number of benzene rings is 1. The number of amides is 1. The highest BCUT2D eigenvalue weighted by atomic mass is 19.4. The van der Waals surface area contributed by atoms with Crippen LogP contribution in [0.5, 0.6) is 0 Å². The van der Waals surface area contributed by atoms with Gasteiger partial charge in [-0.15, -0.1) is 0 Å². The van der Waals surface area contributed by atoms with Crippen LogP contribution in [0.4, 0.5) is 32.0 Å². The van der Waals surface area contributed by atoms with Crippen LogP contribution in [0.2, 0.25) is 0 Å². The van der Waals surface area contributed by atoms with Crippen molar-refractivity contribution in [1.29, 1.82) is 0 Å². The molecule has 0 unspecified atom stereocenters. The maximum atomic E-state index is 13.0. The van der Waals surface area contributed by atoms with Crippen molar-refractivity contribution in [3.05, 3.63) is 59.4 Å². The number of hydrogen-bond donors (Lipinski definition) is 2. The Labute approximate surface area is 168 Å². The van der Waals surface area contributed by atoms with E-state index in [0.29, 0.717) is 43.4 Å². The van der Waals surface area contributed by atoms with Gasteiger partial charge in [0.25, 0.3) is 5.91 Å². The third-order valence-electron chi connectivity index (χ3n) is 4.82. The number of nitrogens with one attached hydrogen (secondary N) is 2. The second kappa shape index (κ2) is 8.53. The molecule has 1 aliphatic carbocycles. The summed E-state index contributed by atoms with van der Waals surface area (Å²) in [4.78, 5) is 15.0. The van der Waals surface area contributed by atoms with Crippen LogP contribution in [0.1, 0.15) is 47.4 Å². The van der Waals surface area contributed by atoms with Crippen molar-refractivity contribution >= 4 is 11.6 Å². The molecular formula is C20H19F6N3O. The lowest BCUT2D eigenvalue weighted by atomic mass is 9.90. The van der Waals surface area contributed by atoms with Crippen LogP contribution < -0.4 is 10.6 Å². The zero-order chi connectivity index (χ0) is 21.9. The first kappa shape index (κ1) is 21.9. The minimum atomic E-state index is -5.00. The fourth-order valence-corrected chi connectivity index (χ4v) is 3.45. The van der Waals surface area contributed by atoms with Crippen LogP contribution in [0.25, 0.3) is 0 Å². The van der Waals surface area contributed by atoms with Crippen LogP contribution >= 0.6 is 0 Å². The fraction of sp³-hybridized carbons (Fsp3) is 0.400. The quantitative estimate of drug-likeness (QED) is 0.649.